The maximum Gasteiger partial charge on any atom is 0.343 e. The van der Waals surface area contributed by atoms with Crippen LogP contribution in [0.5, 0.6) is 11.5 Å². The molecule has 0 saturated heterocycles. The summed E-state index contributed by atoms with van der Waals surface area (Å²) in [6, 6.07) is 24.5. The Bertz CT molecular complexity index is 822. The third kappa shape index (κ3) is 4.73. The Labute approximate surface area is 154 Å². The fraction of sp³-hybridized carbons (Fsp3) is 0.174. The summed E-state index contributed by atoms with van der Waals surface area (Å²) in [6.07, 6.45) is 2.18. The first-order chi connectivity index (χ1) is 12.8. The van der Waals surface area contributed by atoms with Gasteiger partial charge >= 0.3 is 5.97 Å². The van der Waals surface area contributed by atoms with Gasteiger partial charge in [0.25, 0.3) is 0 Å². The lowest BCUT2D eigenvalue weighted by Gasteiger charge is -2.08. The molecule has 3 aromatic rings. The van der Waals surface area contributed by atoms with E-state index in [-0.39, 0.29) is 5.97 Å². The van der Waals surface area contributed by atoms with Gasteiger partial charge in [-0.25, -0.2) is 4.79 Å². The lowest BCUT2D eigenvalue weighted by molar-refractivity contribution is 0.0735. The Balaban J connectivity index is 1.63. The molecule has 0 amide bonds. The minimum Gasteiger partial charge on any atom is -0.494 e. The van der Waals surface area contributed by atoms with E-state index in [0.717, 1.165) is 36.3 Å². The van der Waals surface area contributed by atoms with Gasteiger partial charge in [-0.05, 0) is 53.9 Å². The predicted octanol–water partition coefficient (Wildman–Crippen LogP) is 5.75. The molecule has 0 radical (unpaired) electrons. The quantitative estimate of drug-likeness (QED) is 0.310. The van der Waals surface area contributed by atoms with Gasteiger partial charge in [-0.15, -0.1) is 0 Å². The molecule has 0 saturated carbocycles. The SMILES string of the molecule is CCCCOc1ccc(-c2ccc(OC(=O)c3ccccc3)cc2)cc1. The van der Waals surface area contributed by atoms with Crippen LogP contribution in [0.1, 0.15) is 30.1 Å². The van der Waals surface area contributed by atoms with E-state index >= 15 is 0 Å². The molecular formula is C23H22O3. The maximum atomic E-state index is 12.1. The Morgan fingerprint density at radius 1 is 0.769 bits per heavy atom. The largest absolute Gasteiger partial charge is 0.494 e. The van der Waals surface area contributed by atoms with Crippen molar-refractivity contribution >= 4 is 5.97 Å². The van der Waals surface area contributed by atoms with Gasteiger partial charge < -0.3 is 9.47 Å². The summed E-state index contributed by atoms with van der Waals surface area (Å²) in [5.41, 5.74) is 2.69. The minimum absolute atomic E-state index is 0.355. The normalized spacial score (nSPS) is 10.3. The summed E-state index contributed by atoms with van der Waals surface area (Å²) in [5, 5.41) is 0. The minimum atomic E-state index is -0.355. The number of hydrogen-bond acceptors (Lipinski definition) is 3. The van der Waals surface area contributed by atoms with E-state index in [9.17, 15) is 4.79 Å². The van der Waals surface area contributed by atoms with Crippen molar-refractivity contribution in [3.8, 4) is 22.6 Å². The van der Waals surface area contributed by atoms with Gasteiger partial charge in [-0.3, -0.25) is 0 Å². The molecule has 3 aromatic carbocycles. The summed E-state index contributed by atoms with van der Waals surface area (Å²) in [4.78, 5) is 12.1. The molecule has 0 bridgehead atoms. The van der Waals surface area contributed by atoms with E-state index in [4.69, 9.17) is 9.47 Å². The molecule has 0 spiro atoms. The molecule has 0 aliphatic carbocycles. The van der Waals surface area contributed by atoms with Crippen LogP contribution in [0.25, 0.3) is 11.1 Å². The first-order valence-corrected chi connectivity index (χ1v) is 8.87. The van der Waals surface area contributed by atoms with Crippen LogP contribution in [0.4, 0.5) is 0 Å². The molecule has 0 atom stereocenters. The zero-order valence-electron chi connectivity index (χ0n) is 14.9. The molecule has 3 nitrogen and oxygen atoms in total. The highest BCUT2D eigenvalue weighted by Gasteiger charge is 2.08. The Hall–Kier alpha value is -3.07. The van der Waals surface area contributed by atoms with Crippen LogP contribution in [0.3, 0.4) is 0 Å². The van der Waals surface area contributed by atoms with Gasteiger partial charge in [-0.1, -0.05) is 55.8 Å². The van der Waals surface area contributed by atoms with Gasteiger partial charge in [0.15, 0.2) is 0 Å². The van der Waals surface area contributed by atoms with Crippen LogP contribution in [0, 0.1) is 0 Å². The maximum absolute atomic E-state index is 12.1. The van der Waals surface area contributed by atoms with Crippen molar-refractivity contribution in [2.24, 2.45) is 0 Å². The topological polar surface area (TPSA) is 35.5 Å². The number of carbonyl (C=O) groups is 1. The molecule has 0 unspecified atom stereocenters. The van der Waals surface area contributed by atoms with Crippen molar-refractivity contribution in [1.82, 2.24) is 0 Å². The highest BCUT2D eigenvalue weighted by molar-refractivity contribution is 5.91. The molecule has 0 aliphatic heterocycles. The van der Waals surface area contributed by atoms with E-state index in [0.29, 0.717) is 11.3 Å². The smallest absolute Gasteiger partial charge is 0.343 e. The number of carbonyl (C=O) groups excluding carboxylic acids is 1. The second-order valence-electron chi connectivity index (χ2n) is 6.01. The second kappa shape index (κ2) is 8.86. The Morgan fingerprint density at radius 2 is 1.35 bits per heavy atom. The summed E-state index contributed by atoms with van der Waals surface area (Å²) in [6.45, 7) is 2.89. The third-order valence-corrected chi connectivity index (χ3v) is 4.03. The van der Waals surface area contributed by atoms with Crippen LogP contribution in [0.2, 0.25) is 0 Å². The van der Waals surface area contributed by atoms with Crippen molar-refractivity contribution in [2.45, 2.75) is 19.8 Å². The van der Waals surface area contributed by atoms with Crippen molar-refractivity contribution in [1.29, 1.82) is 0 Å². The molecule has 0 aliphatic rings. The average Bonchev–Trinajstić information content (AvgIpc) is 2.70. The summed E-state index contributed by atoms with van der Waals surface area (Å²) < 4.78 is 11.1. The molecule has 3 heteroatoms. The van der Waals surface area contributed by atoms with E-state index in [1.165, 1.54) is 0 Å². The van der Waals surface area contributed by atoms with Gasteiger partial charge in [0, 0.05) is 0 Å². The van der Waals surface area contributed by atoms with Gasteiger partial charge in [0.2, 0.25) is 0 Å². The Morgan fingerprint density at radius 3 is 1.92 bits per heavy atom. The summed E-state index contributed by atoms with van der Waals surface area (Å²) in [5.74, 6) is 1.06. The highest BCUT2D eigenvalue weighted by Crippen LogP contribution is 2.25. The van der Waals surface area contributed by atoms with Gasteiger partial charge in [-0.2, -0.15) is 0 Å². The van der Waals surface area contributed by atoms with E-state index in [2.05, 4.69) is 6.92 Å². The highest BCUT2D eigenvalue weighted by atomic mass is 16.5. The van der Waals surface area contributed by atoms with Crippen LogP contribution >= 0.6 is 0 Å². The monoisotopic (exact) mass is 346 g/mol. The molecule has 0 N–H and O–H groups in total. The van der Waals surface area contributed by atoms with E-state index in [1.807, 2.05) is 66.7 Å². The number of esters is 1. The lowest BCUT2D eigenvalue weighted by Crippen LogP contribution is -2.07. The number of ether oxygens (including phenoxy) is 2. The molecular weight excluding hydrogens is 324 g/mol. The number of hydrogen-bond donors (Lipinski definition) is 0. The lowest BCUT2D eigenvalue weighted by atomic mass is 10.1. The molecule has 0 fully saturated rings. The third-order valence-electron chi connectivity index (χ3n) is 4.03. The fourth-order valence-electron chi connectivity index (χ4n) is 2.53. The summed E-state index contributed by atoms with van der Waals surface area (Å²) >= 11 is 0. The van der Waals surface area contributed by atoms with Crippen molar-refractivity contribution in [2.75, 3.05) is 6.61 Å². The number of benzene rings is 3. The van der Waals surface area contributed by atoms with Crippen molar-refractivity contribution < 1.29 is 14.3 Å². The van der Waals surface area contributed by atoms with Crippen LogP contribution in [-0.2, 0) is 0 Å². The molecule has 26 heavy (non-hydrogen) atoms. The summed E-state index contributed by atoms with van der Waals surface area (Å²) in [7, 11) is 0. The van der Waals surface area contributed by atoms with E-state index < -0.39 is 0 Å². The van der Waals surface area contributed by atoms with Crippen LogP contribution in [-0.4, -0.2) is 12.6 Å². The zero-order chi connectivity index (χ0) is 18.2. The fourth-order valence-corrected chi connectivity index (χ4v) is 2.53. The van der Waals surface area contributed by atoms with Crippen molar-refractivity contribution in [3.05, 3.63) is 84.4 Å². The molecule has 0 aromatic heterocycles. The molecule has 132 valence electrons. The predicted molar refractivity (Wildman–Crippen MR) is 104 cm³/mol. The average molecular weight is 346 g/mol. The van der Waals surface area contributed by atoms with Gasteiger partial charge in [0.05, 0.1) is 12.2 Å². The first-order valence-electron chi connectivity index (χ1n) is 8.87. The zero-order valence-corrected chi connectivity index (χ0v) is 14.9. The Kier molecular flexibility index (Phi) is 6.05. The van der Waals surface area contributed by atoms with Crippen LogP contribution in [0.15, 0.2) is 78.9 Å². The second-order valence-corrected chi connectivity index (χ2v) is 6.01. The van der Waals surface area contributed by atoms with Crippen LogP contribution < -0.4 is 9.47 Å². The van der Waals surface area contributed by atoms with E-state index in [1.54, 1.807) is 12.1 Å². The molecule has 0 heterocycles. The molecule has 3 rings (SSSR count). The van der Waals surface area contributed by atoms with Gasteiger partial charge in [0.1, 0.15) is 11.5 Å². The number of unbranched alkanes of at least 4 members (excludes halogenated alkanes) is 1. The standard InChI is InChI=1S/C23H22O3/c1-2-3-17-25-21-13-9-18(10-14-21)19-11-15-22(16-12-19)26-23(24)20-7-5-4-6-8-20/h4-16H,2-3,17H2,1H3. The number of rotatable bonds is 7. The first kappa shape index (κ1) is 17.7. The van der Waals surface area contributed by atoms with Crippen molar-refractivity contribution in [3.63, 3.8) is 0 Å².